The van der Waals surface area contributed by atoms with E-state index in [0.717, 1.165) is 6.07 Å². The Kier molecular flexibility index (Phi) is 6.18. The fraction of sp³-hybridized carbons (Fsp3) is 0.0500. The zero-order valence-electron chi connectivity index (χ0n) is 15.8. The van der Waals surface area contributed by atoms with E-state index in [2.05, 4.69) is 15.8 Å². The molecule has 0 fully saturated rings. The molecule has 3 aromatic carbocycles. The van der Waals surface area contributed by atoms with Crippen LogP contribution in [0.2, 0.25) is 0 Å². The monoisotopic (exact) mass is 407 g/mol. The molecule has 0 unspecified atom stereocenters. The molecule has 0 spiro atoms. The number of rotatable bonds is 8. The second-order valence-electron chi connectivity index (χ2n) is 6.03. The maximum Gasteiger partial charge on any atom is 0.287 e. The van der Waals surface area contributed by atoms with Crippen molar-refractivity contribution < 1.29 is 14.6 Å². The van der Waals surface area contributed by atoms with E-state index in [0.29, 0.717) is 17.1 Å². The van der Waals surface area contributed by atoms with Gasteiger partial charge in [-0.1, -0.05) is 18.2 Å². The number of nitro benzene ring substituents is 2. The van der Waals surface area contributed by atoms with Crippen LogP contribution in [0.5, 0.6) is 5.75 Å². The van der Waals surface area contributed by atoms with Gasteiger partial charge in [-0.3, -0.25) is 25.7 Å². The highest BCUT2D eigenvalue weighted by Gasteiger charge is 2.23. The molecular formula is C20H17N5O5. The van der Waals surface area contributed by atoms with Crippen molar-refractivity contribution >= 4 is 34.7 Å². The average Bonchev–Trinajstić information content (AvgIpc) is 2.75. The lowest BCUT2D eigenvalue weighted by Crippen LogP contribution is -2.04. The fourth-order valence-electron chi connectivity index (χ4n) is 2.63. The normalized spacial score (nSPS) is 10.6. The van der Waals surface area contributed by atoms with Crippen LogP contribution in [0.25, 0.3) is 0 Å². The summed E-state index contributed by atoms with van der Waals surface area (Å²) in [5.74, 6) is 0.624. The third kappa shape index (κ3) is 4.87. The summed E-state index contributed by atoms with van der Waals surface area (Å²) in [6, 6.07) is 17.9. The van der Waals surface area contributed by atoms with Gasteiger partial charge in [0.15, 0.2) is 0 Å². The van der Waals surface area contributed by atoms with Crippen molar-refractivity contribution in [3.05, 3.63) is 92.5 Å². The summed E-state index contributed by atoms with van der Waals surface area (Å²) in [6.45, 7) is 0. The molecule has 30 heavy (non-hydrogen) atoms. The first-order valence-electron chi connectivity index (χ1n) is 8.70. The first-order chi connectivity index (χ1) is 14.5. The quantitative estimate of drug-likeness (QED) is 0.314. The first-order valence-corrected chi connectivity index (χ1v) is 8.70. The Bertz CT molecular complexity index is 1080. The van der Waals surface area contributed by atoms with Crippen LogP contribution in [0.1, 0.15) is 5.56 Å². The van der Waals surface area contributed by atoms with E-state index in [1.807, 2.05) is 18.2 Å². The van der Waals surface area contributed by atoms with Crippen molar-refractivity contribution in [2.45, 2.75) is 0 Å². The molecule has 0 radical (unpaired) electrons. The summed E-state index contributed by atoms with van der Waals surface area (Å²) in [5, 5.41) is 29.9. The second-order valence-corrected chi connectivity index (χ2v) is 6.03. The summed E-state index contributed by atoms with van der Waals surface area (Å²) in [6.07, 6.45) is 1.25. The lowest BCUT2D eigenvalue weighted by Gasteiger charge is -2.11. The van der Waals surface area contributed by atoms with Crippen LogP contribution < -0.4 is 15.5 Å². The number of hydrogen-bond acceptors (Lipinski definition) is 8. The lowest BCUT2D eigenvalue weighted by atomic mass is 10.1. The van der Waals surface area contributed by atoms with Crippen LogP contribution in [0.15, 0.2) is 71.8 Å². The number of para-hydroxylation sites is 1. The molecule has 2 N–H and O–H groups in total. The van der Waals surface area contributed by atoms with Gasteiger partial charge in [0.2, 0.25) is 0 Å². The van der Waals surface area contributed by atoms with Crippen molar-refractivity contribution in [2.75, 3.05) is 17.9 Å². The van der Waals surface area contributed by atoms with Crippen LogP contribution in [-0.2, 0) is 0 Å². The van der Waals surface area contributed by atoms with Gasteiger partial charge < -0.3 is 10.1 Å². The Morgan fingerprint density at radius 1 is 0.933 bits per heavy atom. The number of nitrogens with one attached hydrogen (secondary N) is 2. The highest BCUT2D eigenvalue weighted by atomic mass is 16.6. The SMILES string of the molecule is COc1ccc(Nc2cc([N+](=O)[O-])cc([N+](=O)[O-])c2/C=N\Nc2ccccc2)cc1. The van der Waals surface area contributed by atoms with Crippen molar-refractivity contribution in [2.24, 2.45) is 5.10 Å². The molecule has 152 valence electrons. The molecule has 0 aliphatic rings. The van der Waals surface area contributed by atoms with Crippen LogP contribution in [0, 0.1) is 20.2 Å². The number of methoxy groups -OCH3 is 1. The van der Waals surface area contributed by atoms with Crippen LogP contribution in [-0.4, -0.2) is 23.2 Å². The predicted molar refractivity (Wildman–Crippen MR) is 114 cm³/mol. The Balaban J connectivity index is 2.02. The van der Waals surface area contributed by atoms with Gasteiger partial charge in [-0.15, -0.1) is 0 Å². The Morgan fingerprint density at radius 2 is 1.63 bits per heavy atom. The molecule has 10 nitrogen and oxygen atoms in total. The smallest absolute Gasteiger partial charge is 0.287 e. The van der Waals surface area contributed by atoms with E-state index in [9.17, 15) is 20.2 Å². The van der Waals surface area contributed by atoms with E-state index in [4.69, 9.17) is 4.74 Å². The van der Waals surface area contributed by atoms with Crippen LogP contribution in [0.3, 0.4) is 0 Å². The minimum absolute atomic E-state index is 0.0878. The number of benzene rings is 3. The van der Waals surface area contributed by atoms with E-state index >= 15 is 0 Å². The molecule has 0 aliphatic carbocycles. The third-order valence-corrected chi connectivity index (χ3v) is 4.08. The van der Waals surface area contributed by atoms with Gasteiger partial charge >= 0.3 is 0 Å². The molecule has 3 rings (SSSR count). The molecule has 0 saturated heterocycles. The Morgan fingerprint density at radius 3 is 2.23 bits per heavy atom. The molecule has 0 aromatic heterocycles. The summed E-state index contributed by atoms with van der Waals surface area (Å²) in [5.41, 5.74) is 3.42. The molecule has 0 heterocycles. The minimum Gasteiger partial charge on any atom is -0.497 e. The van der Waals surface area contributed by atoms with E-state index in [1.54, 1.807) is 36.4 Å². The highest BCUT2D eigenvalue weighted by Crippen LogP contribution is 2.33. The lowest BCUT2D eigenvalue weighted by molar-refractivity contribution is -0.394. The van der Waals surface area contributed by atoms with Crippen molar-refractivity contribution in [1.29, 1.82) is 0 Å². The predicted octanol–water partition coefficient (Wildman–Crippen LogP) is 4.70. The molecule has 0 atom stereocenters. The van der Waals surface area contributed by atoms with Crippen molar-refractivity contribution in [3.63, 3.8) is 0 Å². The first kappa shape index (κ1) is 20.3. The number of hydrazone groups is 1. The minimum atomic E-state index is -0.685. The summed E-state index contributed by atoms with van der Waals surface area (Å²) in [4.78, 5) is 21.5. The molecular weight excluding hydrogens is 390 g/mol. The van der Waals surface area contributed by atoms with Gasteiger partial charge in [-0.05, 0) is 36.4 Å². The summed E-state index contributed by atoms with van der Waals surface area (Å²) in [7, 11) is 1.53. The Hall–Kier alpha value is -4.47. The van der Waals surface area contributed by atoms with E-state index in [-0.39, 0.29) is 11.3 Å². The van der Waals surface area contributed by atoms with Gasteiger partial charge in [0.1, 0.15) is 5.75 Å². The van der Waals surface area contributed by atoms with Crippen molar-refractivity contribution in [3.8, 4) is 5.75 Å². The van der Waals surface area contributed by atoms with Crippen LogP contribution >= 0.6 is 0 Å². The topological polar surface area (TPSA) is 132 Å². The van der Waals surface area contributed by atoms with Gasteiger partial charge in [0.25, 0.3) is 11.4 Å². The number of nitrogens with zero attached hydrogens (tertiary/aromatic N) is 3. The fourth-order valence-corrected chi connectivity index (χ4v) is 2.63. The van der Waals surface area contributed by atoms with Gasteiger partial charge in [-0.25, -0.2) is 0 Å². The molecule has 10 heteroatoms. The summed E-state index contributed by atoms with van der Waals surface area (Å²) >= 11 is 0. The number of ether oxygens (including phenoxy) is 1. The zero-order chi connectivity index (χ0) is 21.5. The molecule has 0 bridgehead atoms. The molecule has 0 aliphatic heterocycles. The summed E-state index contributed by atoms with van der Waals surface area (Å²) < 4.78 is 5.10. The van der Waals surface area contributed by atoms with Gasteiger partial charge in [-0.2, -0.15) is 5.10 Å². The number of anilines is 3. The van der Waals surface area contributed by atoms with Crippen molar-refractivity contribution in [1.82, 2.24) is 0 Å². The van der Waals surface area contributed by atoms with E-state index in [1.165, 1.54) is 19.4 Å². The zero-order valence-corrected chi connectivity index (χ0v) is 15.8. The number of hydrogen-bond donors (Lipinski definition) is 2. The number of nitro groups is 2. The largest absolute Gasteiger partial charge is 0.497 e. The molecule has 0 amide bonds. The maximum atomic E-state index is 11.6. The average molecular weight is 407 g/mol. The second kappa shape index (κ2) is 9.15. The standard InChI is InChI=1S/C20H17N5O5/c1-30-17-9-7-14(8-10-17)22-19-11-16(24(26)27)12-20(25(28)29)18(19)13-21-23-15-5-3-2-4-6-15/h2-13,22-23H,1H3/b21-13-. The third-order valence-electron chi connectivity index (χ3n) is 4.08. The van der Waals surface area contributed by atoms with E-state index < -0.39 is 21.2 Å². The van der Waals surface area contributed by atoms with Gasteiger partial charge in [0.05, 0.1) is 46.2 Å². The highest BCUT2D eigenvalue weighted by molar-refractivity contribution is 5.95. The Labute approximate surface area is 171 Å². The molecule has 0 saturated carbocycles. The maximum absolute atomic E-state index is 11.6. The van der Waals surface area contributed by atoms with Gasteiger partial charge in [0, 0.05) is 11.8 Å². The molecule has 3 aromatic rings. The van der Waals surface area contributed by atoms with Crippen LogP contribution in [0.4, 0.5) is 28.4 Å². The number of non-ortho nitro benzene ring substituents is 1.